The van der Waals surface area contributed by atoms with Crippen molar-refractivity contribution in [2.75, 3.05) is 11.9 Å². The molecule has 156 valence electrons. The van der Waals surface area contributed by atoms with Crippen LogP contribution in [0.2, 0.25) is 0 Å². The van der Waals surface area contributed by atoms with Gasteiger partial charge in [-0.1, -0.05) is 0 Å². The molecule has 0 unspecified atom stereocenters. The van der Waals surface area contributed by atoms with Gasteiger partial charge in [0.2, 0.25) is 5.88 Å². The number of ether oxygens (including phenoxy) is 1. The van der Waals surface area contributed by atoms with Crippen LogP contribution in [0.5, 0.6) is 5.88 Å². The maximum atomic E-state index is 5.73. The number of nitrogens with zero attached hydrogens (tertiary/aromatic N) is 5. The number of hydrogen-bond acceptors (Lipinski definition) is 7. The molecule has 1 N–H and O–H groups in total. The molecular formula is C22H26N6O2. The number of anilines is 1. The van der Waals surface area contributed by atoms with Crippen molar-refractivity contribution >= 4 is 16.7 Å². The van der Waals surface area contributed by atoms with Crippen molar-refractivity contribution in [3.05, 3.63) is 47.9 Å². The Bertz CT molecular complexity index is 1180. The first-order valence-electron chi connectivity index (χ1n) is 10.1. The first-order valence-corrected chi connectivity index (χ1v) is 10.1. The summed E-state index contributed by atoms with van der Waals surface area (Å²) in [7, 11) is 0. The van der Waals surface area contributed by atoms with E-state index in [1.165, 1.54) is 0 Å². The number of hydrogen-bond donors (Lipinski definition) is 1. The third kappa shape index (κ3) is 3.72. The summed E-state index contributed by atoms with van der Waals surface area (Å²) in [6, 6.07) is 6.07. The summed E-state index contributed by atoms with van der Waals surface area (Å²) in [4.78, 5) is 13.5. The van der Waals surface area contributed by atoms with E-state index >= 15 is 0 Å². The van der Waals surface area contributed by atoms with E-state index in [0.29, 0.717) is 24.9 Å². The Morgan fingerprint density at radius 3 is 2.77 bits per heavy atom. The van der Waals surface area contributed by atoms with Gasteiger partial charge in [-0.2, -0.15) is 5.10 Å². The average molecular weight is 406 g/mol. The maximum Gasteiger partial charge on any atom is 0.222 e. The van der Waals surface area contributed by atoms with E-state index in [1.807, 2.05) is 43.7 Å². The number of fused-ring (bicyclic) bond motifs is 1. The number of nitrogens with one attached hydrogen (secondary N) is 1. The van der Waals surface area contributed by atoms with Crippen LogP contribution in [0.3, 0.4) is 0 Å². The molecule has 4 rings (SSSR count). The van der Waals surface area contributed by atoms with Crippen LogP contribution in [-0.4, -0.2) is 31.3 Å². The predicted molar refractivity (Wildman–Crippen MR) is 116 cm³/mol. The van der Waals surface area contributed by atoms with Crippen LogP contribution in [0.15, 0.2) is 35.0 Å². The van der Waals surface area contributed by atoms with Gasteiger partial charge in [0.15, 0.2) is 5.89 Å². The van der Waals surface area contributed by atoms with Gasteiger partial charge in [0.25, 0.3) is 0 Å². The fourth-order valence-electron chi connectivity index (χ4n) is 3.43. The molecule has 0 amide bonds. The molecule has 0 aliphatic heterocycles. The number of oxazole rings is 1. The highest BCUT2D eigenvalue weighted by molar-refractivity contribution is 5.93. The van der Waals surface area contributed by atoms with E-state index in [1.54, 1.807) is 12.4 Å². The number of rotatable bonds is 7. The van der Waals surface area contributed by atoms with Crippen molar-refractivity contribution in [2.45, 2.75) is 47.2 Å². The van der Waals surface area contributed by atoms with E-state index in [0.717, 1.165) is 39.4 Å². The van der Waals surface area contributed by atoms with Gasteiger partial charge in [0.1, 0.15) is 16.8 Å². The highest BCUT2D eigenvalue weighted by atomic mass is 16.5. The lowest BCUT2D eigenvalue weighted by Gasteiger charge is -2.14. The van der Waals surface area contributed by atoms with Crippen molar-refractivity contribution in [1.29, 1.82) is 0 Å². The lowest BCUT2D eigenvalue weighted by molar-refractivity contribution is 0.328. The molecule has 4 heterocycles. The van der Waals surface area contributed by atoms with Crippen LogP contribution < -0.4 is 10.1 Å². The fraction of sp³-hybridized carbons (Fsp3) is 0.364. The minimum Gasteiger partial charge on any atom is -0.477 e. The largest absolute Gasteiger partial charge is 0.477 e. The molecule has 0 aliphatic rings. The monoisotopic (exact) mass is 406 g/mol. The Morgan fingerprint density at radius 1 is 1.23 bits per heavy atom. The average Bonchev–Trinajstić information content (AvgIpc) is 3.30. The van der Waals surface area contributed by atoms with Gasteiger partial charge >= 0.3 is 0 Å². The second kappa shape index (κ2) is 8.14. The number of aromatic nitrogens is 5. The molecule has 0 fully saturated rings. The van der Waals surface area contributed by atoms with Gasteiger partial charge in [-0.25, -0.2) is 15.0 Å². The summed E-state index contributed by atoms with van der Waals surface area (Å²) in [5, 5.41) is 8.23. The van der Waals surface area contributed by atoms with E-state index < -0.39 is 0 Å². The van der Waals surface area contributed by atoms with Crippen molar-refractivity contribution in [1.82, 2.24) is 24.7 Å². The molecule has 0 saturated carbocycles. The maximum absolute atomic E-state index is 5.73. The summed E-state index contributed by atoms with van der Waals surface area (Å²) in [6.45, 7) is 11.0. The Morgan fingerprint density at radius 2 is 2.07 bits per heavy atom. The Kier molecular flexibility index (Phi) is 5.39. The standard InChI is InChI=1S/C22H26N6O2/c1-6-29-22-17(8-7-9-23-22)18-10-19(25-12-16-11-24-15(5)30-16)21-20(26-18)14(4)27-28(21)13(2)3/h7-11,13H,6,12H2,1-5H3,(H,25,26). The lowest BCUT2D eigenvalue weighted by atomic mass is 10.1. The van der Waals surface area contributed by atoms with Crippen LogP contribution in [0, 0.1) is 13.8 Å². The predicted octanol–water partition coefficient (Wildman–Crippen LogP) is 4.69. The Labute approximate surface area is 175 Å². The highest BCUT2D eigenvalue weighted by Crippen LogP contribution is 2.34. The summed E-state index contributed by atoms with van der Waals surface area (Å²) >= 11 is 0. The van der Waals surface area contributed by atoms with Crippen LogP contribution >= 0.6 is 0 Å². The van der Waals surface area contributed by atoms with Crippen LogP contribution in [0.1, 0.15) is 44.2 Å². The summed E-state index contributed by atoms with van der Waals surface area (Å²) in [5.41, 5.74) is 5.23. The molecule has 8 heteroatoms. The van der Waals surface area contributed by atoms with Gasteiger partial charge < -0.3 is 14.5 Å². The topological polar surface area (TPSA) is 90.9 Å². The molecular weight excluding hydrogens is 380 g/mol. The molecule has 4 aromatic heterocycles. The summed E-state index contributed by atoms with van der Waals surface area (Å²) in [5.74, 6) is 1.98. The van der Waals surface area contributed by atoms with Crippen molar-refractivity contribution in [2.24, 2.45) is 0 Å². The van der Waals surface area contributed by atoms with Crippen LogP contribution in [0.25, 0.3) is 22.3 Å². The molecule has 0 aromatic carbocycles. The van der Waals surface area contributed by atoms with E-state index in [4.69, 9.17) is 19.2 Å². The van der Waals surface area contributed by atoms with E-state index in [9.17, 15) is 0 Å². The zero-order chi connectivity index (χ0) is 21.3. The van der Waals surface area contributed by atoms with Gasteiger partial charge in [0, 0.05) is 19.2 Å². The Hall–Kier alpha value is -3.42. The molecule has 0 spiro atoms. The third-order valence-corrected chi connectivity index (χ3v) is 4.76. The van der Waals surface area contributed by atoms with Crippen molar-refractivity contribution in [3.63, 3.8) is 0 Å². The SMILES string of the molecule is CCOc1ncccc1-c1cc(NCc2cnc(C)o2)c2c(n1)c(C)nn2C(C)C. The first-order chi connectivity index (χ1) is 14.5. The molecule has 4 aromatic rings. The van der Waals surface area contributed by atoms with E-state index in [2.05, 4.69) is 29.1 Å². The summed E-state index contributed by atoms with van der Waals surface area (Å²) < 4.78 is 13.4. The summed E-state index contributed by atoms with van der Waals surface area (Å²) in [6.07, 6.45) is 3.46. The second-order valence-electron chi connectivity index (χ2n) is 7.36. The smallest absolute Gasteiger partial charge is 0.222 e. The van der Waals surface area contributed by atoms with Gasteiger partial charge in [0.05, 0.1) is 42.0 Å². The normalized spacial score (nSPS) is 11.4. The molecule has 0 radical (unpaired) electrons. The van der Waals surface area contributed by atoms with Crippen LogP contribution in [-0.2, 0) is 6.54 Å². The minimum atomic E-state index is 0.194. The van der Waals surface area contributed by atoms with Gasteiger partial charge in [-0.3, -0.25) is 4.68 Å². The molecule has 0 saturated heterocycles. The molecule has 30 heavy (non-hydrogen) atoms. The van der Waals surface area contributed by atoms with Crippen molar-refractivity contribution < 1.29 is 9.15 Å². The molecule has 0 aliphatic carbocycles. The molecule has 0 bridgehead atoms. The van der Waals surface area contributed by atoms with Gasteiger partial charge in [-0.15, -0.1) is 0 Å². The zero-order valence-corrected chi connectivity index (χ0v) is 17.9. The van der Waals surface area contributed by atoms with Crippen molar-refractivity contribution in [3.8, 4) is 17.1 Å². The minimum absolute atomic E-state index is 0.194. The number of pyridine rings is 2. The number of aryl methyl sites for hydroxylation is 2. The second-order valence-corrected chi connectivity index (χ2v) is 7.36. The molecule has 8 nitrogen and oxygen atoms in total. The quantitative estimate of drug-likeness (QED) is 0.476. The van der Waals surface area contributed by atoms with E-state index in [-0.39, 0.29) is 6.04 Å². The third-order valence-electron chi connectivity index (χ3n) is 4.76. The zero-order valence-electron chi connectivity index (χ0n) is 17.9. The molecule has 0 atom stereocenters. The highest BCUT2D eigenvalue weighted by Gasteiger charge is 2.19. The first kappa shape index (κ1) is 19.9. The Balaban J connectivity index is 1.86. The van der Waals surface area contributed by atoms with Crippen LogP contribution in [0.4, 0.5) is 5.69 Å². The van der Waals surface area contributed by atoms with Gasteiger partial charge in [-0.05, 0) is 45.9 Å². The fourth-order valence-corrected chi connectivity index (χ4v) is 3.43. The lowest BCUT2D eigenvalue weighted by Crippen LogP contribution is -2.07.